The van der Waals surface area contributed by atoms with E-state index in [1.54, 1.807) is 36.4 Å². The summed E-state index contributed by atoms with van der Waals surface area (Å²) in [5.41, 5.74) is 2.75. The van der Waals surface area contributed by atoms with E-state index in [2.05, 4.69) is 15.3 Å². The number of nitrogens with zero attached hydrogens (tertiary/aromatic N) is 2. The van der Waals surface area contributed by atoms with E-state index in [0.717, 1.165) is 17.7 Å². The number of halogens is 4. The maximum atomic E-state index is 13.0. The van der Waals surface area contributed by atoms with Crippen LogP contribution in [0.25, 0.3) is 22.3 Å². The highest BCUT2D eigenvalue weighted by molar-refractivity contribution is 6.30. The van der Waals surface area contributed by atoms with E-state index in [1.165, 1.54) is 12.1 Å². The molecule has 2 N–H and O–H groups in total. The third-order valence-electron chi connectivity index (χ3n) is 5.88. The largest absolute Gasteiger partial charge is 0.481 e. The van der Waals surface area contributed by atoms with Gasteiger partial charge in [-0.2, -0.15) is 13.2 Å². The fraction of sp³-hybridized carbons (Fsp3) is 0.214. The number of rotatable bonds is 9. The van der Waals surface area contributed by atoms with Crippen molar-refractivity contribution < 1.29 is 27.9 Å². The normalized spacial score (nSPS) is 11.5. The zero-order valence-corrected chi connectivity index (χ0v) is 20.8. The maximum Gasteiger partial charge on any atom is 0.416 e. The zero-order valence-electron chi connectivity index (χ0n) is 20.1. The second kappa shape index (κ2) is 11.6. The molecule has 1 amide bonds. The fourth-order valence-electron chi connectivity index (χ4n) is 3.95. The lowest BCUT2D eigenvalue weighted by Gasteiger charge is -2.12. The van der Waals surface area contributed by atoms with Crippen LogP contribution in [0.5, 0.6) is 0 Å². The number of hydrogen-bond acceptors (Lipinski definition) is 4. The molecule has 0 aliphatic carbocycles. The fourth-order valence-corrected chi connectivity index (χ4v) is 4.17. The number of fused-ring (bicyclic) bond motifs is 1. The van der Waals surface area contributed by atoms with Crippen molar-refractivity contribution in [3.63, 3.8) is 0 Å². The summed E-state index contributed by atoms with van der Waals surface area (Å²) in [4.78, 5) is 33.0. The Hall–Kier alpha value is -3.98. The molecule has 0 saturated heterocycles. The highest BCUT2D eigenvalue weighted by Gasteiger charge is 2.30. The first-order valence-corrected chi connectivity index (χ1v) is 12.2. The molecule has 0 saturated carbocycles. The lowest BCUT2D eigenvalue weighted by molar-refractivity contribution is -0.138. The number of hydrogen-bond donors (Lipinski definition) is 2. The average molecular weight is 542 g/mol. The van der Waals surface area contributed by atoms with Gasteiger partial charge in [-0.25, -0.2) is 9.97 Å². The van der Waals surface area contributed by atoms with Crippen LogP contribution in [0, 0.1) is 0 Å². The summed E-state index contributed by atoms with van der Waals surface area (Å²) in [7, 11) is 0. The van der Waals surface area contributed by atoms with Crippen LogP contribution in [-0.2, 0) is 23.9 Å². The second-order valence-electron chi connectivity index (χ2n) is 8.71. The van der Waals surface area contributed by atoms with Gasteiger partial charge < -0.3 is 10.4 Å². The average Bonchev–Trinajstić information content (AvgIpc) is 2.88. The van der Waals surface area contributed by atoms with E-state index >= 15 is 0 Å². The van der Waals surface area contributed by atoms with Gasteiger partial charge in [0.05, 0.1) is 28.0 Å². The number of unbranched alkanes of at least 4 members (excludes halogenated alkanes) is 1. The summed E-state index contributed by atoms with van der Waals surface area (Å²) in [6, 6.07) is 16.7. The van der Waals surface area contributed by atoms with E-state index in [4.69, 9.17) is 16.7 Å². The highest BCUT2D eigenvalue weighted by atomic mass is 35.5. The Morgan fingerprint density at radius 1 is 0.921 bits per heavy atom. The molecule has 4 rings (SSSR count). The molecule has 0 aliphatic rings. The first-order valence-electron chi connectivity index (χ1n) is 11.8. The van der Waals surface area contributed by atoms with Crippen LogP contribution in [0.2, 0.25) is 5.02 Å². The van der Waals surface area contributed by atoms with Gasteiger partial charge in [0.15, 0.2) is 0 Å². The number of carboxylic acid groups (broad SMARTS) is 1. The summed E-state index contributed by atoms with van der Waals surface area (Å²) < 4.78 is 39.1. The van der Waals surface area contributed by atoms with Gasteiger partial charge in [0, 0.05) is 29.1 Å². The summed E-state index contributed by atoms with van der Waals surface area (Å²) >= 11 is 6.00. The summed E-state index contributed by atoms with van der Waals surface area (Å²) in [5.74, 6) is -1.23. The SMILES string of the molecule is O=C(O)CCCCc1nc2cc(C(=O)NCc3cccc(Cl)c3)ccc2nc1-c1ccc(C(F)(F)F)cc1. The molecule has 38 heavy (non-hydrogen) atoms. The third-order valence-corrected chi connectivity index (χ3v) is 6.12. The smallest absolute Gasteiger partial charge is 0.416 e. The zero-order chi connectivity index (χ0) is 27.3. The Labute approximate surface area is 221 Å². The van der Waals surface area contributed by atoms with E-state index in [-0.39, 0.29) is 18.9 Å². The molecule has 3 aromatic carbocycles. The lowest BCUT2D eigenvalue weighted by Crippen LogP contribution is -2.22. The molecule has 1 aromatic heterocycles. The standard InChI is InChI=1S/C28H23ClF3N3O3/c29-21-5-3-4-17(14-21)16-33-27(38)19-10-13-22-24(15-19)34-23(6-1-2-7-25(36)37)26(35-22)18-8-11-20(12-9-18)28(30,31)32/h3-5,8-15H,1-2,6-7,16H2,(H,33,38)(H,36,37). The van der Waals surface area contributed by atoms with Crippen LogP contribution in [0.1, 0.15) is 46.4 Å². The maximum absolute atomic E-state index is 13.0. The quantitative estimate of drug-likeness (QED) is 0.230. The number of alkyl halides is 3. The number of amides is 1. The number of benzene rings is 3. The number of aromatic nitrogens is 2. The molecule has 1 heterocycles. The number of aliphatic carboxylic acids is 1. The topological polar surface area (TPSA) is 92.2 Å². The number of aryl methyl sites for hydroxylation is 1. The van der Waals surface area contributed by atoms with Gasteiger partial charge in [0.1, 0.15) is 0 Å². The Balaban J connectivity index is 1.63. The minimum atomic E-state index is -4.46. The predicted molar refractivity (Wildman–Crippen MR) is 138 cm³/mol. The van der Waals surface area contributed by atoms with Gasteiger partial charge >= 0.3 is 12.1 Å². The molecule has 0 spiro atoms. The van der Waals surface area contributed by atoms with Crippen molar-refractivity contribution >= 4 is 34.5 Å². The molecular weight excluding hydrogens is 519 g/mol. The molecule has 0 atom stereocenters. The number of carbonyl (C=O) groups is 2. The Kier molecular flexibility index (Phi) is 8.26. The van der Waals surface area contributed by atoms with Crippen LogP contribution in [0.3, 0.4) is 0 Å². The van der Waals surface area contributed by atoms with Crippen molar-refractivity contribution in [3.05, 3.63) is 94.1 Å². The monoisotopic (exact) mass is 541 g/mol. The Bertz CT molecular complexity index is 1470. The van der Waals surface area contributed by atoms with Crippen LogP contribution >= 0.6 is 11.6 Å². The molecule has 0 bridgehead atoms. The molecule has 10 heteroatoms. The van der Waals surface area contributed by atoms with Crippen molar-refractivity contribution in [1.82, 2.24) is 15.3 Å². The molecule has 0 unspecified atom stereocenters. The van der Waals surface area contributed by atoms with Gasteiger partial charge in [-0.3, -0.25) is 9.59 Å². The van der Waals surface area contributed by atoms with Gasteiger partial charge in [0.25, 0.3) is 5.91 Å². The van der Waals surface area contributed by atoms with E-state index in [9.17, 15) is 22.8 Å². The van der Waals surface area contributed by atoms with E-state index < -0.39 is 17.7 Å². The second-order valence-corrected chi connectivity index (χ2v) is 9.15. The van der Waals surface area contributed by atoms with Gasteiger partial charge in [-0.15, -0.1) is 0 Å². The van der Waals surface area contributed by atoms with Crippen LogP contribution in [0.4, 0.5) is 13.2 Å². The van der Waals surface area contributed by atoms with E-state index in [0.29, 0.717) is 57.8 Å². The predicted octanol–water partition coefficient (Wildman–Crippen LogP) is 6.70. The first-order chi connectivity index (χ1) is 18.1. The van der Waals surface area contributed by atoms with Gasteiger partial charge in [0.2, 0.25) is 0 Å². The number of nitrogens with one attached hydrogen (secondary N) is 1. The Morgan fingerprint density at radius 2 is 1.68 bits per heavy atom. The minimum absolute atomic E-state index is 0.00638. The summed E-state index contributed by atoms with van der Waals surface area (Å²) in [5, 5.41) is 12.3. The van der Waals surface area contributed by atoms with Crippen molar-refractivity contribution in [1.29, 1.82) is 0 Å². The van der Waals surface area contributed by atoms with Crippen molar-refractivity contribution in [3.8, 4) is 11.3 Å². The van der Waals surface area contributed by atoms with E-state index in [1.807, 2.05) is 6.07 Å². The van der Waals surface area contributed by atoms with Crippen LogP contribution in [-0.4, -0.2) is 27.0 Å². The lowest BCUT2D eigenvalue weighted by atomic mass is 10.0. The van der Waals surface area contributed by atoms with Gasteiger partial charge in [-0.05, 0) is 67.3 Å². The van der Waals surface area contributed by atoms with Crippen molar-refractivity contribution in [2.75, 3.05) is 0 Å². The number of carboxylic acids is 1. The molecule has 0 fully saturated rings. The molecule has 196 valence electrons. The third kappa shape index (κ3) is 6.86. The van der Waals surface area contributed by atoms with Crippen molar-refractivity contribution in [2.45, 2.75) is 38.4 Å². The highest BCUT2D eigenvalue weighted by Crippen LogP contribution is 2.32. The molecule has 0 radical (unpaired) electrons. The summed E-state index contributed by atoms with van der Waals surface area (Å²) in [6.45, 7) is 0.283. The van der Waals surface area contributed by atoms with Gasteiger partial charge in [-0.1, -0.05) is 35.9 Å². The molecular formula is C28H23ClF3N3O3. The Morgan fingerprint density at radius 3 is 2.37 bits per heavy atom. The molecule has 6 nitrogen and oxygen atoms in total. The minimum Gasteiger partial charge on any atom is -0.481 e. The van der Waals surface area contributed by atoms with Crippen molar-refractivity contribution in [2.24, 2.45) is 0 Å². The van der Waals surface area contributed by atoms with Crippen LogP contribution < -0.4 is 5.32 Å². The summed E-state index contributed by atoms with van der Waals surface area (Å²) in [6.07, 6.45) is -3.18. The number of carbonyl (C=O) groups excluding carboxylic acids is 1. The molecule has 4 aromatic rings. The first kappa shape index (κ1) is 27.1. The molecule has 0 aliphatic heterocycles. The van der Waals surface area contributed by atoms with Crippen LogP contribution in [0.15, 0.2) is 66.7 Å².